The molecule has 3 aliphatic rings. The number of rotatable bonds is 1. The van der Waals surface area contributed by atoms with Gasteiger partial charge in [-0.1, -0.05) is 12.2 Å². The van der Waals surface area contributed by atoms with Crippen LogP contribution in [0.25, 0.3) is 0 Å². The van der Waals surface area contributed by atoms with Crippen LogP contribution in [0.3, 0.4) is 0 Å². The van der Waals surface area contributed by atoms with E-state index in [0.717, 1.165) is 24.0 Å². The molecule has 0 saturated carbocycles. The molecule has 0 aliphatic heterocycles. The smallest absolute Gasteiger partial charge is 0.197 e. The van der Waals surface area contributed by atoms with E-state index in [-0.39, 0.29) is 23.2 Å². The molecule has 0 fully saturated rings. The standard InChI is InChI=1S/C12H16N2O2/c1-14(2)12-5-3-7(4-6-12)8-9(12)11(16)13-10(8)15/h3,5,7,13,15-16H,4,6H2,1-2H3. The fourth-order valence-electron chi connectivity index (χ4n) is 3.16. The molecule has 2 unspecified atom stereocenters. The van der Waals surface area contributed by atoms with E-state index in [1.54, 1.807) is 0 Å². The third-order valence-electron chi connectivity index (χ3n) is 4.04. The van der Waals surface area contributed by atoms with E-state index in [1.807, 2.05) is 14.1 Å². The lowest BCUT2D eigenvalue weighted by Crippen LogP contribution is -2.44. The summed E-state index contributed by atoms with van der Waals surface area (Å²) in [6.07, 6.45) is 6.29. The lowest BCUT2D eigenvalue weighted by atomic mass is 9.67. The van der Waals surface area contributed by atoms with Gasteiger partial charge in [-0.2, -0.15) is 0 Å². The second kappa shape index (κ2) is 2.83. The fraction of sp³-hybridized carbons (Fsp3) is 0.500. The van der Waals surface area contributed by atoms with Gasteiger partial charge in [0.05, 0.1) is 5.54 Å². The van der Waals surface area contributed by atoms with E-state index in [2.05, 4.69) is 22.0 Å². The van der Waals surface area contributed by atoms with Gasteiger partial charge in [0.2, 0.25) is 0 Å². The number of aromatic amines is 1. The Morgan fingerprint density at radius 2 is 2.12 bits per heavy atom. The van der Waals surface area contributed by atoms with Crippen molar-refractivity contribution in [2.75, 3.05) is 14.1 Å². The minimum absolute atomic E-state index is 0.107. The number of hydrogen-bond acceptors (Lipinski definition) is 3. The zero-order valence-corrected chi connectivity index (χ0v) is 9.49. The van der Waals surface area contributed by atoms with Crippen molar-refractivity contribution in [2.24, 2.45) is 0 Å². The predicted molar refractivity (Wildman–Crippen MR) is 60.6 cm³/mol. The summed E-state index contributed by atoms with van der Waals surface area (Å²) in [6.45, 7) is 0. The molecule has 0 saturated heterocycles. The lowest BCUT2D eigenvalue weighted by Gasteiger charge is -2.46. The van der Waals surface area contributed by atoms with E-state index in [1.165, 1.54) is 0 Å². The number of aromatic nitrogens is 1. The van der Waals surface area contributed by atoms with Crippen LogP contribution in [0.1, 0.15) is 29.9 Å². The summed E-state index contributed by atoms with van der Waals surface area (Å²) in [5.74, 6) is 0.469. The lowest BCUT2D eigenvalue weighted by molar-refractivity contribution is 0.163. The second-order valence-electron chi connectivity index (χ2n) is 4.93. The van der Waals surface area contributed by atoms with E-state index < -0.39 is 0 Å². The highest BCUT2D eigenvalue weighted by Gasteiger charge is 2.47. The second-order valence-corrected chi connectivity index (χ2v) is 4.93. The van der Waals surface area contributed by atoms with Crippen molar-refractivity contribution in [2.45, 2.75) is 24.3 Å². The van der Waals surface area contributed by atoms with Crippen LogP contribution in [0.15, 0.2) is 12.2 Å². The Morgan fingerprint density at radius 1 is 1.38 bits per heavy atom. The summed E-state index contributed by atoms with van der Waals surface area (Å²) in [6, 6.07) is 0. The van der Waals surface area contributed by atoms with Crippen molar-refractivity contribution in [3.63, 3.8) is 0 Å². The first kappa shape index (κ1) is 9.78. The van der Waals surface area contributed by atoms with Crippen molar-refractivity contribution in [3.8, 4) is 11.8 Å². The number of aromatic hydroxyl groups is 2. The Bertz CT molecular complexity index is 476. The van der Waals surface area contributed by atoms with Crippen LogP contribution in [0.2, 0.25) is 0 Å². The van der Waals surface area contributed by atoms with E-state index in [4.69, 9.17) is 0 Å². The number of hydrogen-bond donors (Lipinski definition) is 3. The Kier molecular flexibility index (Phi) is 1.73. The molecule has 4 heteroatoms. The predicted octanol–water partition coefficient (Wildman–Crippen LogP) is 1.63. The summed E-state index contributed by atoms with van der Waals surface area (Å²) in [5, 5.41) is 19.8. The van der Waals surface area contributed by atoms with E-state index in [9.17, 15) is 10.2 Å². The number of nitrogens with zero attached hydrogens (tertiary/aromatic N) is 1. The molecule has 2 atom stereocenters. The maximum absolute atomic E-state index is 9.94. The van der Waals surface area contributed by atoms with Gasteiger partial charge in [0.1, 0.15) is 0 Å². The van der Waals surface area contributed by atoms with E-state index in [0.29, 0.717) is 0 Å². The molecule has 0 aromatic carbocycles. The number of allylic oxidation sites excluding steroid dienone is 1. The highest BCUT2D eigenvalue weighted by atomic mass is 16.3. The molecule has 2 bridgehead atoms. The minimum Gasteiger partial charge on any atom is -0.494 e. The molecular formula is C12H16N2O2. The summed E-state index contributed by atoms with van der Waals surface area (Å²) in [7, 11) is 4.01. The first-order valence-corrected chi connectivity index (χ1v) is 5.57. The van der Waals surface area contributed by atoms with Gasteiger partial charge >= 0.3 is 0 Å². The van der Waals surface area contributed by atoms with Gasteiger partial charge in [0.25, 0.3) is 0 Å². The Hall–Kier alpha value is -1.42. The van der Waals surface area contributed by atoms with Crippen molar-refractivity contribution in [1.29, 1.82) is 0 Å². The molecule has 3 aliphatic carbocycles. The van der Waals surface area contributed by atoms with Crippen LogP contribution in [-0.4, -0.2) is 34.2 Å². The van der Waals surface area contributed by atoms with Gasteiger partial charge in [-0.3, -0.25) is 9.88 Å². The summed E-state index contributed by atoms with van der Waals surface area (Å²) < 4.78 is 0. The monoisotopic (exact) mass is 220 g/mol. The first-order chi connectivity index (χ1) is 7.56. The molecule has 16 heavy (non-hydrogen) atoms. The molecule has 0 spiro atoms. The van der Waals surface area contributed by atoms with Crippen LogP contribution < -0.4 is 0 Å². The molecular weight excluding hydrogens is 204 g/mol. The Balaban J connectivity index is 2.30. The quantitative estimate of drug-likeness (QED) is 0.630. The molecule has 3 N–H and O–H groups in total. The SMILES string of the molecule is CN(C)C12C=CC(CC1)c1c(O)[nH]c(O)c12. The maximum atomic E-state index is 9.94. The average Bonchev–Trinajstić information content (AvgIpc) is 2.58. The van der Waals surface area contributed by atoms with Crippen LogP contribution in [0.5, 0.6) is 11.8 Å². The number of H-pyrrole nitrogens is 1. The third-order valence-corrected chi connectivity index (χ3v) is 4.04. The molecule has 4 rings (SSSR count). The molecule has 1 heterocycles. The number of fused-ring (bicyclic) bond motifs is 1. The molecule has 1 aromatic heterocycles. The van der Waals surface area contributed by atoms with Gasteiger partial charge < -0.3 is 10.2 Å². The molecule has 4 nitrogen and oxygen atoms in total. The van der Waals surface area contributed by atoms with Crippen molar-refractivity contribution < 1.29 is 10.2 Å². The van der Waals surface area contributed by atoms with Gasteiger partial charge in [0.15, 0.2) is 11.8 Å². The summed E-state index contributed by atoms with van der Waals surface area (Å²) >= 11 is 0. The largest absolute Gasteiger partial charge is 0.494 e. The average molecular weight is 220 g/mol. The van der Waals surface area contributed by atoms with Crippen molar-refractivity contribution >= 4 is 0 Å². The van der Waals surface area contributed by atoms with Crippen molar-refractivity contribution in [1.82, 2.24) is 9.88 Å². The van der Waals surface area contributed by atoms with Gasteiger partial charge in [-0.25, -0.2) is 0 Å². The van der Waals surface area contributed by atoms with Gasteiger partial charge in [0, 0.05) is 17.0 Å². The van der Waals surface area contributed by atoms with Crippen LogP contribution >= 0.6 is 0 Å². The Morgan fingerprint density at radius 3 is 2.69 bits per heavy atom. The molecule has 1 aromatic rings. The maximum Gasteiger partial charge on any atom is 0.197 e. The topological polar surface area (TPSA) is 59.5 Å². The normalized spacial score (nSPS) is 31.1. The van der Waals surface area contributed by atoms with E-state index >= 15 is 0 Å². The minimum atomic E-state index is -0.258. The first-order valence-electron chi connectivity index (χ1n) is 5.57. The highest BCUT2D eigenvalue weighted by Crippen LogP contribution is 2.55. The molecule has 0 radical (unpaired) electrons. The molecule has 0 amide bonds. The number of nitrogens with one attached hydrogen (secondary N) is 1. The third kappa shape index (κ3) is 0.930. The van der Waals surface area contributed by atoms with Crippen LogP contribution in [-0.2, 0) is 5.54 Å². The van der Waals surface area contributed by atoms with Gasteiger partial charge in [-0.15, -0.1) is 0 Å². The Labute approximate surface area is 94.2 Å². The van der Waals surface area contributed by atoms with Crippen LogP contribution in [0.4, 0.5) is 0 Å². The molecule has 86 valence electrons. The number of likely N-dealkylation sites (N-methyl/N-ethyl adjacent to an activating group) is 1. The van der Waals surface area contributed by atoms with Crippen LogP contribution in [0, 0.1) is 0 Å². The summed E-state index contributed by atoms with van der Waals surface area (Å²) in [4.78, 5) is 4.74. The highest BCUT2D eigenvalue weighted by molar-refractivity contribution is 5.57. The van der Waals surface area contributed by atoms with Gasteiger partial charge in [-0.05, 0) is 26.9 Å². The zero-order chi connectivity index (χ0) is 11.5. The summed E-state index contributed by atoms with van der Waals surface area (Å²) in [5.41, 5.74) is 1.47. The zero-order valence-electron chi connectivity index (χ0n) is 9.49. The van der Waals surface area contributed by atoms with Crippen molar-refractivity contribution in [3.05, 3.63) is 23.3 Å². The fourth-order valence-corrected chi connectivity index (χ4v) is 3.16.